The quantitative estimate of drug-likeness (QED) is 0.877. The smallest absolute Gasteiger partial charge is 0.0765 e. The molecule has 0 saturated heterocycles. The minimum Gasteiger partial charge on any atom is -0.389 e. The number of hydrogen-bond donors (Lipinski definition) is 2. The molecule has 0 aliphatic heterocycles. The van der Waals surface area contributed by atoms with Crippen molar-refractivity contribution in [2.24, 2.45) is 5.73 Å². The molecule has 0 aliphatic carbocycles. The van der Waals surface area contributed by atoms with Crippen molar-refractivity contribution in [3.05, 3.63) is 36.0 Å². The number of rotatable bonds is 5. The van der Waals surface area contributed by atoms with Crippen molar-refractivity contribution in [1.29, 1.82) is 0 Å². The Kier molecular flexibility index (Phi) is 4.26. The molecule has 0 fully saturated rings. The van der Waals surface area contributed by atoms with Gasteiger partial charge in [0.15, 0.2) is 0 Å². The fraction of sp³-hybridized carbons (Fsp3) is 0.438. The third-order valence-electron chi connectivity index (χ3n) is 3.32. The number of anilines is 1. The highest BCUT2D eigenvalue weighted by Crippen LogP contribution is 2.30. The van der Waals surface area contributed by atoms with E-state index in [0.29, 0.717) is 13.1 Å². The Morgan fingerprint density at radius 1 is 1.30 bits per heavy atom. The van der Waals surface area contributed by atoms with Gasteiger partial charge in [0, 0.05) is 36.8 Å². The molecule has 4 nitrogen and oxygen atoms in total. The Balaban J connectivity index is 2.59. The Labute approximate surface area is 120 Å². The summed E-state index contributed by atoms with van der Waals surface area (Å²) in [5, 5.41) is 11.2. The fourth-order valence-corrected chi connectivity index (χ4v) is 2.51. The molecule has 1 aromatic carbocycles. The molecule has 0 radical (unpaired) electrons. The molecule has 0 saturated carbocycles. The summed E-state index contributed by atoms with van der Waals surface area (Å²) >= 11 is 0. The zero-order valence-electron chi connectivity index (χ0n) is 12.4. The molecule has 3 N–H and O–H groups in total. The summed E-state index contributed by atoms with van der Waals surface area (Å²) < 4.78 is 0. The van der Waals surface area contributed by atoms with E-state index in [1.54, 1.807) is 0 Å². The number of nitrogens with two attached hydrogens (primary N) is 1. The molecule has 0 atom stereocenters. The monoisotopic (exact) mass is 273 g/mol. The van der Waals surface area contributed by atoms with Crippen molar-refractivity contribution >= 4 is 16.6 Å². The van der Waals surface area contributed by atoms with Crippen LogP contribution in [0.3, 0.4) is 0 Å². The minimum atomic E-state index is -0.758. The summed E-state index contributed by atoms with van der Waals surface area (Å²) in [5.41, 5.74) is 8.16. The molecule has 108 valence electrons. The van der Waals surface area contributed by atoms with Crippen LogP contribution >= 0.6 is 0 Å². The van der Waals surface area contributed by atoms with Crippen molar-refractivity contribution in [2.45, 2.75) is 32.9 Å². The van der Waals surface area contributed by atoms with E-state index in [4.69, 9.17) is 5.73 Å². The van der Waals surface area contributed by atoms with E-state index in [0.717, 1.165) is 28.7 Å². The number of benzene rings is 1. The van der Waals surface area contributed by atoms with Gasteiger partial charge >= 0.3 is 0 Å². The van der Waals surface area contributed by atoms with Crippen molar-refractivity contribution in [3.63, 3.8) is 0 Å². The zero-order valence-corrected chi connectivity index (χ0v) is 12.4. The van der Waals surface area contributed by atoms with E-state index in [1.807, 2.05) is 38.2 Å². The number of nitrogens with zero attached hydrogens (tertiary/aromatic N) is 2. The summed E-state index contributed by atoms with van der Waals surface area (Å²) in [4.78, 5) is 6.63. The third-order valence-corrected chi connectivity index (χ3v) is 3.32. The van der Waals surface area contributed by atoms with Crippen LogP contribution in [0.25, 0.3) is 10.9 Å². The average Bonchev–Trinajstić information content (AvgIpc) is 2.42. The first-order valence-electron chi connectivity index (χ1n) is 7.00. The maximum absolute atomic E-state index is 10.1. The van der Waals surface area contributed by atoms with Gasteiger partial charge < -0.3 is 15.7 Å². The molecule has 0 bridgehead atoms. The SMILES string of the molecule is CCN(CC(C)(C)O)c1c(CN)cnc2ccccc12. The van der Waals surface area contributed by atoms with Crippen molar-refractivity contribution < 1.29 is 5.11 Å². The fourth-order valence-electron chi connectivity index (χ4n) is 2.51. The Hall–Kier alpha value is -1.65. The highest BCUT2D eigenvalue weighted by Gasteiger charge is 2.21. The van der Waals surface area contributed by atoms with Gasteiger partial charge in [0.2, 0.25) is 0 Å². The van der Waals surface area contributed by atoms with Crippen molar-refractivity contribution in [3.8, 4) is 0 Å². The number of pyridine rings is 1. The van der Waals surface area contributed by atoms with Crippen LogP contribution in [0.1, 0.15) is 26.3 Å². The first-order chi connectivity index (χ1) is 9.46. The lowest BCUT2D eigenvalue weighted by Crippen LogP contribution is -2.39. The predicted octanol–water partition coefficient (Wildman–Crippen LogP) is 2.29. The second-order valence-electron chi connectivity index (χ2n) is 5.68. The Bertz CT molecular complexity index is 590. The number of aliphatic hydroxyl groups is 1. The summed E-state index contributed by atoms with van der Waals surface area (Å²) in [5.74, 6) is 0. The molecule has 0 unspecified atom stereocenters. The predicted molar refractivity (Wildman–Crippen MR) is 83.8 cm³/mol. The van der Waals surface area contributed by atoms with Crippen molar-refractivity contribution in [1.82, 2.24) is 4.98 Å². The topological polar surface area (TPSA) is 62.4 Å². The van der Waals surface area contributed by atoms with Crippen LogP contribution in [0.15, 0.2) is 30.5 Å². The minimum absolute atomic E-state index is 0.440. The van der Waals surface area contributed by atoms with Crippen LogP contribution in [0.4, 0.5) is 5.69 Å². The average molecular weight is 273 g/mol. The summed E-state index contributed by atoms with van der Waals surface area (Å²) in [6.45, 7) is 7.54. The first kappa shape index (κ1) is 14.8. The van der Waals surface area contributed by atoms with Gasteiger partial charge in [0.25, 0.3) is 0 Å². The number of aromatic nitrogens is 1. The summed E-state index contributed by atoms with van der Waals surface area (Å²) in [7, 11) is 0. The normalized spacial score (nSPS) is 11.8. The molecule has 4 heteroatoms. The third kappa shape index (κ3) is 3.08. The lowest BCUT2D eigenvalue weighted by atomic mass is 10.0. The maximum atomic E-state index is 10.1. The van der Waals surface area contributed by atoms with E-state index in [2.05, 4.69) is 22.9 Å². The van der Waals surface area contributed by atoms with Crippen molar-refractivity contribution in [2.75, 3.05) is 18.0 Å². The lowest BCUT2D eigenvalue weighted by Gasteiger charge is -2.32. The molecule has 0 spiro atoms. The number of hydrogen-bond acceptors (Lipinski definition) is 4. The Morgan fingerprint density at radius 3 is 2.60 bits per heavy atom. The van der Waals surface area contributed by atoms with Gasteiger partial charge in [-0.15, -0.1) is 0 Å². The number of likely N-dealkylation sites (N-methyl/N-ethyl adjacent to an activating group) is 1. The molecule has 0 amide bonds. The van der Waals surface area contributed by atoms with Gasteiger partial charge in [-0.1, -0.05) is 18.2 Å². The summed E-state index contributed by atoms with van der Waals surface area (Å²) in [6, 6.07) is 8.04. The molecule has 20 heavy (non-hydrogen) atoms. The molecule has 1 aromatic heterocycles. The van der Waals surface area contributed by atoms with Gasteiger partial charge in [-0.3, -0.25) is 4.98 Å². The van der Waals surface area contributed by atoms with Gasteiger partial charge in [0.05, 0.1) is 16.8 Å². The first-order valence-corrected chi connectivity index (χ1v) is 7.00. The molecular formula is C16H23N3O. The molecule has 2 aromatic rings. The maximum Gasteiger partial charge on any atom is 0.0765 e. The Morgan fingerprint density at radius 2 is 2.00 bits per heavy atom. The molecular weight excluding hydrogens is 250 g/mol. The van der Waals surface area contributed by atoms with Gasteiger partial charge in [-0.25, -0.2) is 0 Å². The second kappa shape index (κ2) is 5.77. The molecule has 1 heterocycles. The van der Waals surface area contributed by atoms with Gasteiger partial charge in [-0.2, -0.15) is 0 Å². The standard InChI is InChI=1S/C16H23N3O/c1-4-19(11-16(2,3)20)15-12(9-17)10-18-14-8-6-5-7-13(14)15/h5-8,10,20H,4,9,11,17H2,1-3H3. The zero-order chi connectivity index (χ0) is 14.8. The van der Waals surface area contributed by atoms with Crippen LogP contribution in [0, 0.1) is 0 Å². The highest BCUT2D eigenvalue weighted by atomic mass is 16.3. The van der Waals surface area contributed by atoms with Crippen LogP contribution in [0.5, 0.6) is 0 Å². The van der Waals surface area contributed by atoms with Gasteiger partial charge in [0.1, 0.15) is 0 Å². The van der Waals surface area contributed by atoms with Crippen LogP contribution in [-0.4, -0.2) is 28.8 Å². The van der Waals surface area contributed by atoms with Crippen LogP contribution < -0.4 is 10.6 Å². The number of para-hydroxylation sites is 1. The van der Waals surface area contributed by atoms with E-state index >= 15 is 0 Å². The van der Waals surface area contributed by atoms with Gasteiger partial charge in [-0.05, 0) is 26.8 Å². The largest absolute Gasteiger partial charge is 0.389 e. The van der Waals surface area contributed by atoms with E-state index in [9.17, 15) is 5.11 Å². The second-order valence-corrected chi connectivity index (χ2v) is 5.68. The van der Waals surface area contributed by atoms with E-state index in [-0.39, 0.29) is 0 Å². The van der Waals surface area contributed by atoms with E-state index in [1.165, 1.54) is 0 Å². The summed E-state index contributed by atoms with van der Waals surface area (Å²) in [6.07, 6.45) is 1.84. The molecule has 0 aliphatic rings. The lowest BCUT2D eigenvalue weighted by molar-refractivity contribution is 0.0876. The number of fused-ring (bicyclic) bond motifs is 1. The van der Waals surface area contributed by atoms with Crippen LogP contribution in [0.2, 0.25) is 0 Å². The highest BCUT2D eigenvalue weighted by molar-refractivity contribution is 5.93. The van der Waals surface area contributed by atoms with E-state index < -0.39 is 5.60 Å². The molecule has 2 rings (SSSR count). The van der Waals surface area contributed by atoms with Crippen LogP contribution in [-0.2, 0) is 6.54 Å².